The van der Waals surface area contributed by atoms with E-state index in [4.69, 9.17) is 4.74 Å². The van der Waals surface area contributed by atoms with E-state index in [1.54, 1.807) is 6.07 Å². The maximum Gasteiger partial charge on any atom is 0.241 e. The number of benzene rings is 2. The van der Waals surface area contributed by atoms with Gasteiger partial charge in [-0.15, -0.1) is 0 Å². The number of hydrogen-bond acceptors (Lipinski definition) is 3. The van der Waals surface area contributed by atoms with E-state index in [-0.39, 0.29) is 6.04 Å². The number of hydrogen-bond donors (Lipinski definition) is 1. The fourth-order valence-electron chi connectivity index (χ4n) is 3.31. The van der Waals surface area contributed by atoms with Gasteiger partial charge >= 0.3 is 0 Å². The van der Waals surface area contributed by atoms with E-state index in [0.29, 0.717) is 11.3 Å². The standard InChI is InChI=1S/C20H25NO3S/c1-13-9-15(3)20(10-14(13)2)25(22,23)21-16(4)11-17-5-6-19-18(12-17)7-8-24-19/h5-6,9-10,12,16,21H,7-8,11H2,1-4H3. The van der Waals surface area contributed by atoms with Crippen molar-refractivity contribution in [2.45, 2.75) is 51.5 Å². The number of aryl methyl sites for hydroxylation is 3. The molecule has 0 saturated carbocycles. The highest BCUT2D eigenvalue weighted by Crippen LogP contribution is 2.26. The first-order valence-corrected chi connectivity index (χ1v) is 10.1. The van der Waals surface area contributed by atoms with Crippen LogP contribution in [0.4, 0.5) is 0 Å². The molecule has 0 aromatic heterocycles. The van der Waals surface area contributed by atoms with E-state index in [2.05, 4.69) is 10.8 Å². The normalized spacial score (nSPS) is 14.9. The van der Waals surface area contributed by atoms with Gasteiger partial charge in [0.1, 0.15) is 5.75 Å². The van der Waals surface area contributed by atoms with Crippen LogP contribution in [0.2, 0.25) is 0 Å². The smallest absolute Gasteiger partial charge is 0.241 e. The molecular weight excluding hydrogens is 334 g/mol. The molecule has 1 N–H and O–H groups in total. The third-order valence-electron chi connectivity index (χ3n) is 4.73. The minimum absolute atomic E-state index is 0.189. The van der Waals surface area contributed by atoms with Crippen molar-refractivity contribution in [3.63, 3.8) is 0 Å². The van der Waals surface area contributed by atoms with Crippen molar-refractivity contribution in [1.82, 2.24) is 4.72 Å². The Morgan fingerprint density at radius 1 is 1.08 bits per heavy atom. The van der Waals surface area contributed by atoms with Crippen molar-refractivity contribution in [2.75, 3.05) is 6.61 Å². The van der Waals surface area contributed by atoms with Gasteiger partial charge in [-0.1, -0.05) is 18.2 Å². The molecule has 0 aliphatic carbocycles. The van der Waals surface area contributed by atoms with Gasteiger partial charge < -0.3 is 4.74 Å². The predicted molar refractivity (Wildman–Crippen MR) is 99.8 cm³/mol. The quantitative estimate of drug-likeness (QED) is 0.889. The van der Waals surface area contributed by atoms with Gasteiger partial charge in [0.2, 0.25) is 10.0 Å². The molecule has 5 heteroatoms. The first-order chi connectivity index (χ1) is 11.8. The van der Waals surface area contributed by atoms with Crippen LogP contribution in [0.15, 0.2) is 35.2 Å². The molecule has 1 aliphatic heterocycles. The molecule has 134 valence electrons. The maximum atomic E-state index is 12.8. The summed E-state index contributed by atoms with van der Waals surface area (Å²) >= 11 is 0. The Morgan fingerprint density at radius 3 is 2.56 bits per heavy atom. The number of fused-ring (bicyclic) bond motifs is 1. The van der Waals surface area contributed by atoms with Crippen molar-refractivity contribution in [3.05, 3.63) is 58.1 Å². The largest absolute Gasteiger partial charge is 0.493 e. The average molecular weight is 359 g/mol. The van der Waals surface area contributed by atoms with Gasteiger partial charge in [-0.2, -0.15) is 0 Å². The monoisotopic (exact) mass is 359 g/mol. The minimum atomic E-state index is -3.54. The molecule has 1 heterocycles. The molecule has 2 aromatic rings. The highest BCUT2D eigenvalue weighted by Gasteiger charge is 2.21. The van der Waals surface area contributed by atoms with Crippen molar-refractivity contribution in [2.24, 2.45) is 0 Å². The van der Waals surface area contributed by atoms with Crippen molar-refractivity contribution in [3.8, 4) is 5.75 Å². The third-order valence-corrected chi connectivity index (χ3v) is 6.46. The van der Waals surface area contributed by atoms with E-state index < -0.39 is 10.0 Å². The lowest BCUT2D eigenvalue weighted by atomic mass is 10.0. The lowest BCUT2D eigenvalue weighted by Gasteiger charge is -2.17. The molecule has 1 unspecified atom stereocenters. The van der Waals surface area contributed by atoms with Gasteiger partial charge in [-0.3, -0.25) is 0 Å². The summed E-state index contributed by atoms with van der Waals surface area (Å²) < 4.78 is 33.9. The molecule has 0 fully saturated rings. The molecule has 1 aliphatic rings. The topological polar surface area (TPSA) is 55.4 Å². The molecule has 0 radical (unpaired) electrons. The Balaban J connectivity index is 1.75. The van der Waals surface area contributed by atoms with Gasteiger partial charge in [0.05, 0.1) is 11.5 Å². The second kappa shape index (κ2) is 6.81. The Morgan fingerprint density at radius 2 is 1.80 bits per heavy atom. The van der Waals surface area contributed by atoms with Crippen LogP contribution >= 0.6 is 0 Å². The molecule has 0 saturated heterocycles. The number of nitrogens with one attached hydrogen (secondary N) is 1. The summed E-state index contributed by atoms with van der Waals surface area (Å²) in [6.45, 7) is 8.40. The van der Waals surface area contributed by atoms with E-state index in [0.717, 1.165) is 41.0 Å². The lowest BCUT2D eigenvalue weighted by molar-refractivity contribution is 0.357. The van der Waals surface area contributed by atoms with Crippen molar-refractivity contribution < 1.29 is 13.2 Å². The van der Waals surface area contributed by atoms with E-state index in [1.807, 2.05) is 45.9 Å². The molecule has 0 spiro atoms. The summed E-state index contributed by atoms with van der Waals surface area (Å²) in [6.07, 6.45) is 1.57. The van der Waals surface area contributed by atoms with E-state index in [1.165, 1.54) is 5.56 Å². The fourth-order valence-corrected chi connectivity index (χ4v) is 4.87. The molecular formula is C20H25NO3S. The summed E-state index contributed by atoms with van der Waals surface area (Å²) in [5.74, 6) is 0.947. The van der Waals surface area contributed by atoms with Crippen LogP contribution in [-0.2, 0) is 22.9 Å². The highest BCUT2D eigenvalue weighted by atomic mass is 32.2. The van der Waals surface area contributed by atoms with Crippen LogP contribution in [-0.4, -0.2) is 21.1 Å². The molecule has 3 rings (SSSR count). The first kappa shape index (κ1) is 18.0. The molecule has 1 atom stereocenters. The predicted octanol–water partition coefficient (Wildman–Crippen LogP) is 3.46. The highest BCUT2D eigenvalue weighted by molar-refractivity contribution is 7.89. The van der Waals surface area contributed by atoms with Gasteiger partial charge in [-0.05, 0) is 74.1 Å². The second-order valence-electron chi connectivity index (χ2n) is 6.97. The van der Waals surface area contributed by atoms with Gasteiger partial charge in [0, 0.05) is 12.5 Å². The van der Waals surface area contributed by atoms with Crippen LogP contribution in [0.1, 0.15) is 34.7 Å². The molecule has 0 amide bonds. The zero-order valence-electron chi connectivity index (χ0n) is 15.2. The molecule has 2 aromatic carbocycles. The van der Waals surface area contributed by atoms with Crippen LogP contribution in [0.5, 0.6) is 5.75 Å². The number of sulfonamides is 1. The summed E-state index contributed by atoms with van der Waals surface area (Å²) in [5.41, 5.74) is 5.19. The average Bonchev–Trinajstić information content (AvgIpc) is 2.97. The van der Waals surface area contributed by atoms with Gasteiger partial charge in [0.15, 0.2) is 0 Å². The number of rotatable bonds is 5. The third kappa shape index (κ3) is 3.88. The zero-order chi connectivity index (χ0) is 18.2. The van der Waals surface area contributed by atoms with Crippen LogP contribution in [0, 0.1) is 20.8 Å². The van der Waals surface area contributed by atoms with Crippen LogP contribution < -0.4 is 9.46 Å². The van der Waals surface area contributed by atoms with Crippen LogP contribution in [0.3, 0.4) is 0 Å². The van der Waals surface area contributed by atoms with E-state index in [9.17, 15) is 8.42 Å². The summed E-state index contributed by atoms with van der Waals surface area (Å²) in [7, 11) is -3.54. The fraction of sp³-hybridized carbons (Fsp3) is 0.400. The van der Waals surface area contributed by atoms with Crippen molar-refractivity contribution >= 4 is 10.0 Å². The first-order valence-electron chi connectivity index (χ1n) is 8.61. The summed E-state index contributed by atoms with van der Waals surface area (Å²) in [4.78, 5) is 0.366. The Hall–Kier alpha value is -1.85. The Bertz CT molecular complexity index is 903. The summed E-state index contributed by atoms with van der Waals surface area (Å²) in [6, 6.07) is 9.60. The summed E-state index contributed by atoms with van der Waals surface area (Å²) in [5, 5.41) is 0. The Kier molecular flexibility index (Phi) is 4.89. The number of ether oxygens (including phenoxy) is 1. The SMILES string of the molecule is Cc1cc(C)c(S(=O)(=O)NC(C)Cc2ccc3c(c2)CCO3)cc1C. The van der Waals surface area contributed by atoms with Gasteiger partial charge in [0.25, 0.3) is 0 Å². The second-order valence-corrected chi connectivity index (χ2v) is 8.65. The zero-order valence-corrected chi connectivity index (χ0v) is 16.0. The van der Waals surface area contributed by atoms with Gasteiger partial charge in [-0.25, -0.2) is 13.1 Å². The minimum Gasteiger partial charge on any atom is -0.493 e. The molecule has 0 bridgehead atoms. The Labute approximate surface area is 150 Å². The maximum absolute atomic E-state index is 12.8. The van der Waals surface area contributed by atoms with Crippen LogP contribution in [0.25, 0.3) is 0 Å². The van der Waals surface area contributed by atoms with E-state index >= 15 is 0 Å². The molecule has 25 heavy (non-hydrogen) atoms. The lowest BCUT2D eigenvalue weighted by Crippen LogP contribution is -2.34. The van der Waals surface area contributed by atoms with Crippen molar-refractivity contribution in [1.29, 1.82) is 0 Å². The molecule has 4 nitrogen and oxygen atoms in total.